The standard InChI is InChI=1S/C19H15FN4OS/c1-12-9-24(11-21-12)18-7-2-13(8-16(18)20)17-10-26-19(23-17)22-14-3-5-15(25)6-4-14/h2-11,25H,1H3,(H,22,23). The van der Waals surface area contributed by atoms with E-state index in [1.165, 1.54) is 17.4 Å². The Labute approximate surface area is 153 Å². The molecule has 2 heterocycles. The fraction of sp³-hybridized carbons (Fsp3) is 0.0526. The van der Waals surface area contributed by atoms with E-state index in [9.17, 15) is 9.50 Å². The molecule has 0 aliphatic heterocycles. The van der Waals surface area contributed by atoms with Crippen molar-refractivity contribution in [1.82, 2.24) is 14.5 Å². The normalized spacial score (nSPS) is 10.8. The maximum atomic E-state index is 14.5. The van der Waals surface area contributed by atoms with Gasteiger partial charge in [0.25, 0.3) is 0 Å². The number of imidazole rings is 1. The number of aromatic nitrogens is 3. The number of benzene rings is 2. The van der Waals surface area contributed by atoms with Crippen molar-refractivity contribution in [3.05, 3.63) is 71.9 Å². The summed E-state index contributed by atoms with van der Waals surface area (Å²) < 4.78 is 16.2. The Morgan fingerprint density at radius 1 is 1.15 bits per heavy atom. The predicted octanol–water partition coefficient (Wildman–Crippen LogP) is 4.89. The van der Waals surface area contributed by atoms with Crippen LogP contribution in [0.25, 0.3) is 16.9 Å². The summed E-state index contributed by atoms with van der Waals surface area (Å²) in [6, 6.07) is 11.8. The van der Waals surface area contributed by atoms with Crippen LogP contribution in [-0.2, 0) is 0 Å². The maximum absolute atomic E-state index is 14.5. The molecule has 0 unspecified atom stereocenters. The lowest BCUT2D eigenvalue weighted by molar-refractivity contribution is 0.475. The Morgan fingerprint density at radius 3 is 2.65 bits per heavy atom. The average Bonchev–Trinajstić information content (AvgIpc) is 3.26. The molecule has 7 heteroatoms. The van der Waals surface area contributed by atoms with E-state index in [2.05, 4.69) is 15.3 Å². The van der Waals surface area contributed by atoms with Crippen LogP contribution in [-0.4, -0.2) is 19.6 Å². The molecule has 4 rings (SSSR count). The number of hydrogen-bond acceptors (Lipinski definition) is 5. The number of rotatable bonds is 4. The van der Waals surface area contributed by atoms with Gasteiger partial charge in [0.05, 0.1) is 23.4 Å². The fourth-order valence-corrected chi connectivity index (χ4v) is 3.30. The van der Waals surface area contributed by atoms with Gasteiger partial charge in [-0.25, -0.2) is 14.4 Å². The zero-order valence-electron chi connectivity index (χ0n) is 13.8. The third-order valence-corrected chi connectivity index (χ3v) is 4.61. The van der Waals surface area contributed by atoms with Gasteiger partial charge >= 0.3 is 0 Å². The Morgan fingerprint density at radius 2 is 1.96 bits per heavy atom. The van der Waals surface area contributed by atoms with Crippen LogP contribution in [0, 0.1) is 12.7 Å². The van der Waals surface area contributed by atoms with Crippen LogP contribution in [0.15, 0.2) is 60.4 Å². The number of phenols is 1. The van der Waals surface area contributed by atoms with E-state index < -0.39 is 0 Å². The second-order valence-electron chi connectivity index (χ2n) is 5.80. The quantitative estimate of drug-likeness (QED) is 0.505. The van der Waals surface area contributed by atoms with Crippen molar-refractivity contribution < 1.29 is 9.50 Å². The molecule has 4 aromatic rings. The van der Waals surface area contributed by atoms with Crippen LogP contribution in [0.1, 0.15) is 5.69 Å². The zero-order chi connectivity index (χ0) is 18.1. The van der Waals surface area contributed by atoms with Gasteiger partial charge in [-0.05, 0) is 43.3 Å². The largest absolute Gasteiger partial charge is 0.508 e. The molecule has 26 heavy (non-hydrogen) atoms. The third-order valence-electron chi connectivity index (χ3n) is 3.86. The molecule has 0 aliphatic rings. The van der Waals surface area contributed by atoms with Gasteiger partial charge in [0, 0.05) is 22.8 Å². The molecule has 0 saturated heterocycles. The Balaban J connectivity index is 1.57. The minimum atomic E-state index is -0.332. The highest BCUT2D eigenvalue weighted by molar-refractivity contribution is 7.14. The molecule has 2 aromatic carbocycles. The van der Waals surface area contributed by atoms with Crippen LogP contribution >= 0.6 is 11.3 Å². The highest BCUT2D eigenvalue weighted by Gasteiger charge is 2.10. The van der Waals surface area contributed by atoms with Crippen LogP contribution in [0.3, 0.4) is 0 Å². The summed E-state index contributed by atoms with van der Waals surface area (Å²) in [7, 11) is 0. The van der Waals surface area contributed by atoms with E-state index >= 15 is 0 Å². The minimum absolute atomic E-state index is 0.207. The summed E-state index contributed by atoms with van der Waals surface area (Å²) in [5.41, 5.74) is 3.51. The van der Waals surface area contributed by atoms with Gasteiger partial charge < -0.3 is 15.0 Å². The molecule has 2 aromatic heterocycles. The van der Waals surface area contributed by atoms with Crippen molar-refractivity contribution in [2.24, 2.45) is 0 Å². The van der Waals surface area contributed by atoms with Crippen LogP contribution in [0.2, 0.25) is 0 Å². The Hall–Kier alpha value is -3.19. The van der Waals surface area contributed by atoms with Crippen molar-refractivity contribution in [2.45, 2.75) is 6.92 Å². The molecule has 2 N–H and O–H groups in total. The van der Waals surface area contributed by atoms with Crippen molar-refractivity contribution in [3.63, 3.8) is 0 Å². The number of phenolic OH excluding ortho intramolecular Hbond substituents is 1. The topological polar surface area (TPSA) is 63.0 Å². The number of hydrogen-bond donors (Lipinski definition) is 2. The Kier molecular flexibility index (Phi) is 4.14. The first-order valence-corrected chi connectivity index (χ1v) is 8.79. The molecule has 0 atom stereocenters. The highest BCUT2D eigenvalue weighted by Crippen LogP contribution is 2.29. The van der Waals surface area contributed by atoms with Gasteiger partial charge in [-0.15, -0.1) is 11.3 Å². The second-order valence-corrected chi connectivity index (χ2v) is 6.66. The van der Waals surface area contributed by atoms with Crippen LogP contribution < -0.4 is 5.32 Å². The molecule has 0 bridgehead atoms. The molecule has 0 saturated carbocycles. The molecule has 0 fully saturated rings. The monoisotopic (exact) mass is 366 g/mol. The minimum Gasteiger partial charge on any atom is -0.508 e. The molecule has 0 radical (unpaired) electrons. The van der Waals surface area contributed by atoms with Crippen molar-refractivity contribution >= 4 is 22.2 Å². The molecular formula is C19H15FN4OS. The summed E-state index contributed by atoms with van der Waals surface area (Å²) in [4.78, 5) is 8.63. The zero-order valence-corrected chi connectivity index (χ0v) is 14.7. The van der Waals surface area contributed by atoms with E-state index in [4.69, 9.17) is 0 Å². The highest BCUT2D eigenvalue weighted by atomic mass is 32.1. The molecule has 5 nitrogen and oxygen atoms in total. The summed E-state index contributed by atoms with van der Waals surface area (Å²) in [5, 5.41) is 15.1. The van der Waals surface area contributed by atoms with Gasteiger partial charge in [-0.3, -0.25) is 0 Å². The maximum Gasteiger partial charge on any atom is 0.187 e. The third kappa shape index (κ3) is 3.29. The molecule has 0 spiro atoms. The lowest BCUT2D eigenvalue weighted by Crippen LogP contribution is -1.95. The summed E-state index contributed by atoms with van der Waals surface area (Å²) >= 11 is 1.43. The first-order valence-electron chi connectivity index (χ1n) is 7.91. The number of nitrogens with zero attached hydrogens (tertiary/aromatic N) is 3. The number of aryl methyl sites for hydroxylation is 1. The molecular weight excluding hydrogens is 351 g/mol. The van der Waals surface area contributed by atoms with Crippen molar-refractivity contribution in [2.75, 3.05) is 5.32 Å². The van der Waals surface area contributed by atoms with Crippen molar-refractivity contribution in [3.8, 4) is 22.7 Å². The summed E-state index contributed by atoms with van der Waals surface area (Å²) in [6.07, 6.45) is 3.37. The predicted molar refractivity (Wildman–Crippen MR) is 101 cm³/mol. The number of nitrogens with one attached hydrogen (secondary N) is 1. The smallest absolute Gasteiger partial charge is 0.187 e. The van der Waals surface area contributed by atoms with Gasteiger partial charge in [0.15, 0.2) is 5.13 Å². The van der Waals surface area contributed by atoms with E-state index in [0.717, 1.165) is 11.4 Å². The summed E-state index contributed by atoms with van der Waals surface area (Å²) in [6.45, 7) is 1.86. The fourth-order valence-electron chi connectivity index (χ4n) is 2.56. The number of thiazole rings is 1. The first kappa shape index (κ1) is 16.3. The summed E-state index contributed by atoms with van der Waals surface area (Å²) in [5.74, 6) is -0.125. The first-order chi connectivity index (χ1) is 12.6. The van der Waals surface area contributed by atoms with Gasteiger partial charge in [0.2, 0.25) is 0 Å². The average molecular weight is 366 g/mol. The Bertz CT molecular complexity index is 1060. The second kappa shape index (κ2) is 6.61. The number of aromatic hydroxyl groups is 1. The van der Waals surface area contributed by atoms with E-state index in [1.54, 1.807) is 47.4 Å². The van der Waals surface area contributed by atoms with E-state index in [1.807, 2.05) is 18.4 Å². The van der Waals surface area contributed by atoms with Gasteiger partial charge in [-0.2, -0.15) is 0 Å². The van der Waals surface area contributed by atoms with Crippen molar-refractivity contribution in [1.29, 1.82) is 0 Å². The SMILES string of the molecule is Cc1cn(-c2ccc(-c3csc(Nc4ccc(O)cc4)n3)cc2F)cn1. The molecule has 0 aliphatic carbocycles. The van der Waals surface area contributed by atoms with E-state index in [0.29, 0.717) is 22.1 Å². The number of halogens is 1. The van der Waals surface area contributed by atoms with Crippen LogP contribution in [0.4, 0.5) is 15.2 Å². The van der Waals surface area contributed by atoms with Gasteiger partial charge in [-0.1, -0.05) is 6.07 Å². The van der Waals surface area contributed by atoms with Crippen LogP contribution in [0.5, 0.6) is 5.75 Å². The lowest BCUT2D eigenvalue weighted by Gasteiger charge is -2.05. The van der Waals surface area contributed by atoms with E-state index in [-0.39, 0.29) is 11.6 Å². The van der Waals surface area contributed by atoms with Gasteiger partial charge in [0.1, 0.15) is 11.6 Å². The number of anilines is 2. The molecule has 130 valence electrons. The lowest BCUT2D eigenvalue weighted by atomic mass is 10.1. The molecule has 0 amide bonds.